The molecular formula is C25H18Cl2N4O3S2. The van der Waals surface area contributed by atoms with Gasteiger partial charge in [-0.25, -0.2) is 23.1 Å². The molecule has 1 N–H and O–H groups in total. The van der Waals surface area contributed by atoms with E-state index in [0.717, 1.165) is 16.0 Å². The van der Waals surface area contributed by atoms with Gasteiger partial charge in [-0.3, -0.25) is 4.79 Å². The Morgan fingerprint density at radius 3 is 2.47 bits per heavy atom. The summed E-state index contributed by atoms with van der Waals surface area (Å²) < 4.78 is 29.7. The summed E-state index contributed by atoms with van der Waals surface area (Å²) >= 11 is 14.1. The Kier molecular flexibility index (Phi) is 6.57. The number of aryl methyl sites for hydroxylation is 1. The Bertz CT molecular complexity index is 1710. The maximum absolute atomic E-state index is 12.8. The molecule has 7 nitrogen and oxygen atoms in total. The highest BCUT2D eigenvalue weighted by Crippen LogP contribution is 2.33. The van der Waals surface area contributed by atoms with Gasteiger partial charge in [0.15, 0.2) is 5.65 Å². The molecule has 1 amide bonds. The van der Waals surface area contributed by atoms with Gasteiger partial charge in [0.1, 0.15) is 17.0 Å². The summed E-state index contributed by atoms with van der Waals surface area (Å²) in [4.78, 5) is 22.7. The van der Waals surface area contributed by atoms with Crippen molar-refractivity contribution in [3.8, 4) is 10.4 Å². The van der Waals surface area contributed by atoms with Crippen LogP contribution in [0.2, 0.25) is 9.36 Å². The maximum atomic E-state index is 12.8. The molecule has 0 aliphatic heterocycles. The Hall–Kier alpha value is -3.24. The molecule has 0 aliphatic carbocycles. The van der Waals surface area contributed by atoms with E-state index < -0.39 is 15.9 Å². The summed E-state index contributed by atoms with van der Waals surface area (Å²) in [6.07, 6.45) is 0. The van der Waals surface area contributed by atoms with E-state index in [4.69, 9.17) is 23.2 Å². The molecule has 0 saturated heterocycles. The number of sulfonamides is 1. The number of nitrogens with zero attached hydrogens (tertiary/aromatic N) is 3. The largest absolute Gasteiger partial charge is 0.308 e. The van der Waals surface area contributed by atoms with Crippen LogP contribution in [0.5, 0.6) is 0 Å². The van der Waals surface area contributed by atoms with Crippen molar-refractivity contribution in [2.24, 2.45) is 0 Å². The number of thiophene rings is 1. The zero-order valence-electron chi connectivity index (χ0n) is 18.8. The van der Waals surface area contributed by atoms with Crippen molar-refractivity contribution in [3.05, 3.63) is 99.2 Å². The van der Waals surface area contributed by atoms with Crippen LogP contribution in [0.3, 0.4) is 0 Å². The highest BCUT2D eigenvalue weighted by atomic mass is 35.5. The third kappa shape index (κ3) is 4.87. The second kappa shape index (κ2) is 9.67. The zero-order chi connectivity index (χ0) is 25.4. The third-order valence-electron chi connectivity index (χ3n) is 5.54. The van der Waals surface area contributed by atoms with Gasteiger partial charge in [-0.05, 0) is 60.5 Å². The number of carbonyl (C=O) groups is 1. The van der Waals surface area contributed by atoms with Crippen LogP contribution in [0.4, 0.5) is 0 Å². The minimum absolute atomic E-state index is 0.0109. The van der Waals surface area contributed by atoms with Crippen molar-refractivity contribution < 1.29 is 13.2 Å². The van der Waals surface area contributed by atoms with Crippen molar-refractivity contribution in [1.82, 2.24) is 19.3 Å². The number of fused-ring (bicyclic) bond motifs is 1. The minimum atomic E-state index is -4.03. The number of halogens is 2. The molecule has 36 heavy (non-hydrogen) atoms. The van der Waals surface area contributed by atoms with E-state index in [1.807, 2.05) is 41.8 Å². The molecule has 0 bridgehead atoms. The summed E-state index contributed by atoms with van der Waals surface area (Å²) in [5.74, 6) is -0.153. The van der Waals surface area contributed by atoms with E-state index in [0.29, 0.717) is 32.9 Å². The Labute approximate surface area is 221 Å². The molecule has 0 saturated carbocycles. The second-order valence-corrected chi connectivity index (χ2v) is 11.7. The van der Waals surface area contributed by atoms with Gasteiger partial charge in [-0.2, -0.15) is 0 Å². The molecule has 0 spiro atoms. The Balaban J connectivity index is 1.44. The fourth-order valence-corrected chi connectivity index (χ4v) is 5.99. The fraction of sp³-hybridized carbons (Fsp3) is 0.0800. The topological polar surface area (TPSA) is 93.9 Å². The molecule has 0 unspecified atom stereocenters. The van der Waals surface area contributed by atoms with Crippen molar-refractivity contribution in [2.45, 2.75) is 18.4 Å². The smallest absolute Gasteiger partial charge is 0.283 e. The Morgan fingerprint density at radius 1 is 1.00 bits per heavy atom. The second-order valence-electron chi connectivity index (χ2n) is 7.94. The van der Waals surface area contributed by atoms with Gasteiger partial charge in [0, 0.05) is 9.90 Å². The molecule has 0 atom stereocenters. The first kappa shape index (κ1) is 24.5. The van der Waals surface area contributed by atoms with Crippen LogP contribution in [0.1, 0.15) is 21.9 Å². The van der Waals surface area contributed by atoms with Crippen LogP contribution in [0.15, 0.2) is 77.7 Å². The van der Waals surface area contributed by atoms with Gasteiger partial charge in [-0.1, -0.05) is 53.5 Å². The van der Waals surface area contributed by atoms with Crippen LogP contribution < -0.4 is 4.72 Å². The first-order chi connectivity index (χ1) is 17.2. The van der Waals surface area contributed by atoms with Crippen molar-refractivity contribution in [1.29, 1.82) is 0 Å². The number of pyridine rings is 1. The van der Waals surface area contributed by atoms with Gasteiger partial charge < -0.3 is 4.57 Å². The van der Waals surface area contributed by atoms with E-state index in [1.165, 1.54) is 29.5 Å². The molecule has 11 heteroatoms. The number of amides is 1. The van der Waals surface area contributed by atoms with Gasteiger partial charge in [-0.15, -0.1) is 11.3 Å². The monoisotopic (exact) mass is 556 g/mol. The molecule has 182 valence electrons. The number of rotatable bonds is 6. The SMILES string of the molecule is Cc1nc2ccc(C(=O)NS(=O)(=O)c3ccccc3)nc2n1Cc1ccc(-c2ccc(Cl)s2)cc1Cl. The van der Waals surface area contributed by atoms with E-state index in [1.54, 1.807) is 24.3 Å². The number of benzene rings is 2. The highest BCUT2D eigenvalue weighted by molar-refractivity contribution is 7.90. The quantitative estimate of drug-likeness (QED) is 0.279. The molecule has 5 aromatic rings. The lowest BCUT2D eigenvalue weighted by Crippen LogP contribution is -2.31. The first-order valence-corrected chi connectivity index (χ1v) is 13.8. The minimum Gasteiger partial charge on any atom is -0.308 e. The predicted molar refractivity (Wildman–Crippen MR) is 142 cm³/mol. The van der Waals surface area contributed by atoms with Gasteiger partial charge in [0.25, 0.3) is 15.9 Å². The fourth-order valence-electron chi connectivity index (χ4n) is 3.73. The number of carbonyl (C=O) groups excluding carboxylic acids is 1. The van der Waals surface area contributed by atoms with Crippen LogP contribution in [0, 0.1) is 6.92 Å². The molecule has 0 fully saturated rings. The Morgan fingerprint density at radius 2 is 1.78 bits per heavy atom. The van der Waals surface area contributed by atoms with E-state index >= 15 is 0 Å². The summed E-state index contributed by atoms with van der Waals surface area (Å²) in [5, 5.41) is 0.570. The molecule has 2 aromatic carbocycles. The number of nitrogens with one attached hydrogen (secondary N) is 1. The van der Waals surface area contributed by atoms with Crippen LogP contribution in [0.25, 0.3) is 21.6 Å². The number of hydrogen-bond donors (Lipinski definition) is 1. The van der Waals surface area contributed by atoms with E-state index in [9.17, 15) is 13.2 Å². The van der Waals surface area contributed by atoms with E-state index in [2.05, 4.69) is 14.7 Å². The zero-order valence-corrected chi connectivity index (χ0v) is 21.9. The maximum Gasteiger partial charge on any atom is 0.283 e. The average molecular weight is 557 g/mol. The summed E-state index contributed by atoms with van der Waals surface area (Å²) in [6.45, 7) is 2.20. The molecule has 0 radical (unpaired) electrons. The van der Waals surface area contributed by atoms with Crippen molar-refractivity contribution >= 4 is 61.6 Å². The third-order valence-corrected chi connectivity index (χ3v) is 8.51. The van der Waals surface area contributed by atoms with Crippen LogP contribution in [-0.2, 0) is 16.6 Å². The van der Waals surface area contributed by atoms with Gasteiger partial charge in [0.05, 0.1) is 15.8 Å². The standard InChI is InChI=1S/C25H18Cl2N4O3S2/c1-15-28-20-9-10-21(25(32)30-36(33,34)18-5-3-2-4-6-18)29-24(20)31(15)14-17-8-7-16(13-19(17)26)22-11-12-23(27)35-22/h2-13H,14H2,1H3,(H,30,32). The highest BCUT2D eigenvalue weighted by Gasteiger charge is 2.21. The summed E-state index contributed by atoms with van der Waals surface area (Å²) in [7, 11) is -4.03. The van der Waals surface area contributed by atoms with Crippen molar-refractivity contribution in [2.75, 3.05) is 0 Å². The molecule has 3 heterocycles. The van der Waals surface area contributed by atoms with Crippen molar-refractivity contribution in [3.63, 3.8) is 0 Å². The van der Waals surface area contributed by atoms with E-state index in [-0.39, 0.29) is 10.6 Å². The van der Waals surface area contributed by atoms with Crippen LogP contribution in [-0.4, -0.2) is 28.9 Å². The molecule has 0 aliphatic rings. The lowest BCUT2D eigenvalue weighted by Gasteiger charge is -2.10. The summed E-state index contributed by atoms with van der Waals surface area (Å²) in [6, 6.07) is 20.3. The normalized spacial score (nSPS) is 11.6. The lowest BCUT2D eigenvalue weighted by molar-refractivity contribution is 0.0977. The van der Waals surface area contributed by atoms with Gasteiger partial charge in [0.2, 0.25) is 0 Å². The number of imidazole rings is 1. The first-order valence-electron chi connectivity index (χ1n) is 10.7. The average Bonchev–Trinajstić information content (AvgIpc) is 3.43. The number of hydrogen-bond acceptors (Lipinski definition) is 6. The molecule has 5 rings (SSSR count). The summed E-state index contributed by atoms with van der Waals surface area (Å²) in [5.41, 5.74) is 2.79. The number of aromatic nitrogens is 3. The lowest BCUT2D eigenvalue weighted by atomic mass is 10.1. The molecular weight excluding hydrogens is 539 g/mol. The predicted octanol–water partition coefficient (Wildman–Crippen LogP) is 5.94. The van der Waals surface area contributed by atoms with Gasteiger partial charge >= 0.3 is 0 Å². The molecule has 3 aromatic heterocycles. The van der Waals surface area contributed by atoms with Crippen LogP contribution >= 0.6 is 34.5 Å².